The van der Waals surface area contributed by atoms with Crippen LogP contribution in [0.5, 0.6) is 0 Å². The SMILES string of the molecule is CCNC(=O)N1CCN(C(=O)c2nn(-c3ccccc3F)c(C)cc2=O)CC1. The standard InChI is InChI=1S/C19H22FN5O3/c1-3-21-19(28)24-10-8-23(9-11-24)18(27)17-16(26)12-13(2)25(22-17)15-7-5-4-6-14(15)20/h4-7,12H,3,8-11H2,1-2H3,(H,21,28). The van der Waals surface area contributed by atoms with Gasteiger partial charge in [0.1, 0.15) is 11.5 Å². The fourth-order valence-electron chi connectivity index (χ4n) is 3.09. The van der Waals surface area contributed by atoms with Crippen LogP contribution in [0.1, 0.15) is 23.1 Å². The second-order valence-corrected chi connectivity index (χ2v) is 6.48. The summed E-state index contributed by atoms with van der Waals surface area (Å²) in [6.07, 6.45) is 0. The predicted molar refractivity (Wildman–Crippen MR) is 101 cm³/mol. The van der Waals surface area contributed by atoms with Crippen molar-refractivity contribution in [1.82, 2.24) is 24.9 Å². The second kappa shape index (κ2) is 8.20. The van der Waals surface area contributed by atoms with Gasteiger partial charge in [0, 0.05) is 44.5 Å². The lowest BCUT2D eigenvalue weighted by molar-refractivity contribution is 0.0656. The van der Waals surface area contributed by atoms with Gasteiger partial charge in [-0.1, -0.05) is 12.1 Å². The molecule has 1 aliphatic heterocycles. The number of aryl methyl sites for hydroxylation is 1. The van der Waals surface area contributed by atoms with E-state index in [4.69, 9.17) is 0 Å². The van der Waals surface area contributed by atoms with Crippen molar-refractivity contribution >= 4 is 11.9 Å². The van der Waals surface area contributed by atoms with Crippen molar-refractivity contribution in [2.24, 2.45) is 0 Å². The minimum absolute atomic E-state index is 0.162. The van der Waals surface area contributed by atoms with Crippen LogP contribution in [0, 0.1) is 12.7 Å². The van der Waals surface area contributed by atoms with Crippen LogP contribution < -0.4 is 10.7 Å². The second-order valence-electron chi connectivity index (χ2n) is 6.48. The molecule has 9 heteroatoms. The average molecular weight is 387 g/mol. The molecule has 3 rings (SSSR count). The van der Waals surface area contributed by atoms with Crippen LogP contribution in [0.4, 0.5) is 9.18 Å². The summed E-state index contributed by atoms with van der Waals surface area (Å²) in [5.41, 5.74) is -0.190. The van der Waals surface area contributed by atoms with Gasteiger partial charge in [0.05, 0.1) is 0 Å². The van der Waals surface area contributed by atoms with Gasteiger partial charge in [0.15, 0.2) is 5.69 Å². The normalized spacial score (nSPS) is 14.1. The minimum atomic E-state index is -0.523. The number of halogens is 1. The zero-order valence-electron chi connectivity index (χ0n) is 15.8. The number of carbonyl (C=O) groups is 2. The molecule has 2 aromatic rings. The van der Waals surface area contributed by atoms with Crippen molar-refractivity contribution in [3.63, 3.8) is 0 Å². The van der Waals surface area contributed by atoms with Crippen LogP contribution in [-0.4, -0.2) is 64.2 Å². The number of aromatic nitrogens is 2. The van der Waals surface area contributed by atoms with Crippen LogP contribution in [0.3, 0.4) is 0 Å². The van der Waals surface area contributed by atoms with Gasteiger partial charge < -0.3 is 15.1 Å². The number of nitrogens with one attached hydrogen (secondary N) is 1. The highest BCUT2D eigenvalue weighted by Crippen LogP contribution is 2.14. The van der Waals surface area contributed by atoms with E-state index >= 15 is 0 Å². The van der Waals surface area contributed by atoms with E-state index in [1.807, 2.05) is 6.92 Å². The maximum atomic E-state index is 14.1. The largest absolute Gasteiger partial charge is 0.338 e. The molecule has 148 valence electrons. The zero-order chi connectivity index (χ0) is 20.3. The van der Waals surface area contributed by atoms with Gasteiger partial charge in [-0.25, -0.2) is 13.9 Å². The quantitative estimate of drug-likeness (QED) is 0.856. The first-order valence-corrected chi connectivity index (χ1v) is 9.10. The molecular weight excluding hydrogens is 365 g/mol. The molecule has 28 heavy (non-hydrogen) atoms. The summed E-state index contributed by atoms with van der Waals surface area (Å²) in [5, 5.41) is 6.86. The van der Waals surface area contributed by atoms with Gasteiger partial charge in [0.2, 0.25) is 5.43 Å². The Kier molecular flexibility index (Phi) is 5.72. The molecule has 0 unspecified atom stereocenters. The molecule has 1 aliphatic rings. The maximum absolute atomic E-state index is 14.1. The Morgan fingerprint density at radius 3 is 2.43 bits per heavy atom. The molecule has 8 nitrogen and oxygen atoms in total. The summed E-state index contributed by atoms with van der Waals surface area (Å²) in [6.45, 7) is 5.31. The van der Waals surface area contributed by atoms with Crippen LogP contribution in [0.15, 0.2) is 35.1 Å². The summed E-state index contributed by atoms with van der Waals surface area (Å²) < 4.78 is 15.4. The lowest BCUT2D eigenvalue weighted by Crippen LogP contribution is -2.53. The highest BCUT2D eigenvalue weighted by Gasteiger charge is 2.27. The number of urea groups is 1. The molecule has 1 aromatic heterocycles. The van der Waals surface area contributed by atoms with E-state index in [1.165, 1.54) is 27.8 Å². The van der Waals surface area contributed by atoms with Gasteiger partial charge in [0.25, 0.3) is 5.91 Å². The fourth-order valence-corrected chi connectivity index (χ4v) is 3.09. The highest BCUT2D eigenvalue weighted by atomic mass is 19.1. The monoisotopic (exact) mass is 387 g/mol. The third-order valence-electron chi connectivity index (χ3n) is 4.57. The van der Waals surface area contributed by atoms with Crippen molar-refractivity contribution in [3.8, 4) is 5.69 Å². The minimum Gasteiger partial charge on any atom is -0.338 e. The van der Waals surface area contributed by atoms with Crippen LogP contribution in [0.2, 0.25) is 0 Å². The Hall–Kier alpha value is -3.23. The van der Waals surface area contributed by atoms with E-state index in [1.54, 1.807) is 24.0 Å². The molecule has 1 fully saturated rings. The van der Waals surface area contributed by atoms with Gasteiger partial charge in [-0.05, 0) is 26.0 Å². The van der Waals surface area contributed by atoms with E-state index in [-0.39, 0.29) is 17.4 Å². The lowest BCUT2D eigenvalue weighted by atomic mass is 10.2. The first-order chi connectivity index (χ1) is 13.4. The third kappa shape index (κ3) is 3.88. The Labute approximate surface area is 161 Å². The molecule has 0 spiro atoms. The fraction of sp³-hybridized carbons (Fsp3) is 0.368. The average Bonchev–Trinajstić information content (AvgIpc) is 2.69. The Morgan fingerprint density at radius 1 is 1.14 bits per heavy atom. The summed E-state index contributed by atoms with van der Waals surface area (Å²) >= 11 is 0. The number of carbonyl (C=O) groups excluding carboxylic acids is 2. The maximum Gasteiger partial charge on any atom is 0.317 e. The number of para-hydroxylation sites is 1. The number of piperazine rings is 1. The number of nitrogens with zero attached hydrogens (tertiary/aromatic N) is 4. The summed E-state index contributed by atoms with van der Waals surface area (Å²) in [4.78, 5) is 40.2. The molecule has 0 aliphatic carbocycles. The molecule has 0 radical (unpaired) electrons. The van der Waals surface area contributed by atoms with Crippen molar-refractivity contribution in [1.29, 1.82) is 0 Å². The van der Waals surface area contributed by atoms with Crippen LogP contribution in [0.25, 0.3) is 5.69 Å². The number of hydrogen-bond donors (Lipinski definition) is 1. The zero-order valence-corrected chi connectivity index (χ0v) is 15.8. The van der Waals surface area contributed by atoms with Crippen molar-refractivity contribution in [3.05, 3.63) is 57.8 Å². The lowest BCUT2D eigenvalue weighted by Gasteiger charge is -2.34. The molecule has 1 saturated heterocycles. The van der Waals surface area contributed by atoms with E-state index in [0.29, 0.717) is 38.4 Å². The number of benzene rings is 1. The Morgan fingerprint density at radius 2 is 1.79 bits per heavy atom. The van der Waals surface area contributed by atoms with Crippen LogP contribution >= 0.6 is 0 Å². The van der Waals surface area contributed by atoms with E-state index in [0.717, 1.165) is 0 Å². The predicted octanol–water partition coefficient (Wildman–Crippen LogP) is 1.17. The molecule has 0 atom stereocenters. The summed E-state index contributed by atoms with van der Waals surface area (Å²) in [5.74, 6) is -1.03. The molecule has 3 amide bonds. The molecule has 1 aromatic carbocycles. The van der Waals surface area contributed by atoms with E-state index in [2.05, 4.69) is 10.4 Å². The van der Waals surface area contributed by atoms with Crippen molar-refractivity contribution in [2.75, 3.05) is 32.7 Å². The summed E-state index contributed by atoms with van der Waals surface area (Å²) in [6, 6.07) is 7.12. The van der Waals surface area contributed by atoms with E-state index < -0.39 is 17.2 Å². The van der Waals surface area contributed by atoms with E-state index in [9.17, 15) is 18.8 Å². The number of amides is 3. The molecule has 2 heterocycles. The topological polar surface area (TPSA) is 87.5 Å². The van der Waals surface area contributed by atoms with Crippen molar-refractivity contribution in [2.45, 2.75) is 13.8 Å². The Balaban J connectivity index is 1.83. The van der Waals surface area contributed by atoms with Gasteiger partial charge in [-0.15, -0.1) is 0 Å². The number of rotatable bonds is 3. The van der Waals surface area contributed by atoms with Crippen molar-refractivity contribution < 1.29 is 14.0 Å². The van der Waals surface area contributed by atoms with Gasteiger partial charge in [-0.3, -0.25) is 9.59 Å². The van der Waals surface area contributed by atoms with Gasteiger partial charge in [-0.2, -0.15) is 5.10 Å². The highest BCUT2D eigenvalue weighted by molar-refractivity contribution is 5.92. The Bertz CT molecular complexity index is 951. The molecule has 0 saturated carbocycles. The van der Waals surface area contributed by atoms with Gasteiger partial charge >= 0.3 is 6.03 Å². The molecule has 0 bridgehead atoms. The molecule has 1 N–H and O–H groups in total. The first-order valence-electron chi connectivity index (χ1n) is 9.10. The molecular formula is C19H22FN5O3. The summed E-state index contributed by atoms with van der Waals surface area (Å²) in [7, 11) is 0. The first kappa shape index (κ1) is 19.5. The number of hydrogen-bond acceptors (Lipinski definition) is 4. The smallest absolute Gasteiger partial charge is 0.317 e. The van der Waals surface area contributed by atoms with Crippen LogP contribution in [-0.2, 0) is 0 Å². The third-order valence-corrected chi connectivity index (χ3v) is 4.57.